The predicted molar refractivity (Wildman–Crippen MR) is 327 cm³/mol. The van der Waals surface area contributed by atoms with Crippen molar-refractivity contribution in [3.8, 4) is 22.3 Å². The number of likely N-dealkylation sites (tertiary alicyclic amines) is 2. The number of hydrogen-bond acceptors (Lipinski definition) is 14. The second-order valence-electron chi connectivity index (χ2n) is 20.3. The summed E-state index contributed by atoms with van der Waals surface area (Å²) in [7, 11) is 0. The number of nitrogens with zero attached hydrogens (tertiary/aromatic N) is 3. The zero-order chi connectivity index (χ0) is 61.5. The topological polar surface area (TPSA) is 293 Å². The maximum Gasteiger partial charge on any atom is 0.414 e. The average molecular weight is 1180 g/mol. The molecule has 2 saturated heterocycles. The van der Waals surface area contributed by atoms with Crippen LogP contribution in [0.25, 0.3) is 22.3 Å². The number of anilines is 2. The maximum atomic E-state index is 13.7. The van der Waals surface area contributed by atoms with Gasteiger partial charge in [0.25, 0.3) is 0 Å². The fraction of sp³-hybridized carbons (Fsp3) is 0.212. The lowest BCUT2D eigenvalue weighted by atomic mass is 9.79. The molecule has 5 atom stereocenters. The number of carboxylic acid groups (broad SMARTS) is 1. The molecule has 21 heteroatoms. The number of nitrogens with two attached hydrogens (primary N) is 1. The average Bonchev–Trinajstić information content (AvgIpc) is 1.57. The quantitative estimate of drug-likeness (QED) is 0.00782. The highest BCUT2D eigenvalue weighted by molar-refractivity contribution is 6.11. The van der Waals surface area contributed by atoms with Crippen LogP contribution in [0.15, 0.2) is 218 Å². The lowest BCUT2D eigenvalue weighted by Gasteiger charge is -2.48. The number of guanidine groups is 1. The Hall–Kier alpha value is -10.6. The van der Waals surface area contributed by atoms with Crippen molar-refractivity contribution in [3.05, 3.63) is 229 Å². The smallest absolute Gasteiger partial charge is 0.414 e. The Bertz CT molecular complexity index is 3410. The van der Waals surface area contributed by atoms with Crippen molar-refractivity contribution >= 4 is 59.4 Å². The highest BCUT2D eigenvalue weighted by Crippen LogP contribution is 2.37. The number of alkyl carbamates (subject to hydrolysis) is 2. The van der Waals surface area contributed by atoms with Gasteiger partial charge in [-0.05, 0) is 88.9 Å². The number of β-lactam (4-membered cyclic amide) rings is 2. The van der Waals surface area contributed by atoms with Crippen molar-refractivity contribution in [2.24, 2.45) is 22.6 Å². The summed E-state index contributed by atoms with van der Waals surface area (Å²) in [4.78, 5) is 100. The molecule has 2 fully saturated rings. The van der Waals surface area contributed by atoms with E-state index in [0.29, 0.717) is 43.0 Å². The van der Waals surface area contributed by atoms with Crippen molar-refractivity contribution in [2.75, 3.05) is 23.7 Å². The third-order valence-electron chi connectivity index (χ3n) is 14.3. The number of benzene rings is 7. The number of imide groups is 2. The minimum atomic E-state index is -1.20. The van der Waals surface area contributed by atoms with Crippen LogP contribution < -0.4 is 32.3 Å². The largest absolute Gasteiger partial charge is 0.480 e. The summed E-state index contributed by atoms with van der Waals surface area (Å²) in [5, 5.41) is 32.7. The Balaban J connectivity index is 0.000000274. The molecule has 2 aliphatic rings. The fourth-order valence-electron chi connectivity index (χ4n) is 9.95. The molecule has 9 rings (SSSR count). The molecule has 8 amide bonds. The summed E-state index contributed by atoms with van der Waals surface area (Å²) in [5.74, 6) is -3.47. The van der Waals surface area contributed by atoms with Gasteiger partial charge in [-0.2, -0.15) is 0 Å². The third-order valence-corrected chi connectivity index (χ3v) is 14.3. The zero-order valence-electron chi connectivity index (χ0n) is 47.4. The monoisotopic (exact) mass is 1180 g/mol. The van der Waals surface area contributed by atoms with Crippen LogP contribution in [0.5, 0.6) is 0 Å². The second kappa shape index (κ2) is 31.3. The molecule has 87 heavy (non-hydrogen) atoms. The van der Waals surface area contributed by atoms with Gasteiger partial charge in [0.2, 0.25) is 17.8 Å². The summed E-state index contributed by atoms with van der Waals surface area (Å²) in [6, 6.07) is 58.0. The molecule has 7 aromatic carbocycles. The SMILES string of the molecule is C=C(N)NCCCC1C(=O)N(C(=O)Nc2ccc(-c3ccccc3)cc2)C1C(=O)O.O=C(NC(=NCCC[C@H]1C(=O)N(C(=O)Nc2ccc(-c3ccccc3)cc2)C1[C@H](Cc1ccccc1)OO)NC(=O)OCc1ccccc1)OCc1ccccc1. The molecule has 2 heterocycles. The summed E-state index contributed by atoms with van der Waals surface area (Å²) in [5.41, 5.74) is 12.8. The Kier molecular flexibility index (Phi) is 22.5. The molecule has 0 spiro atoms. The number of urea groups is 2. The highest BCUT2D eigenvalue weighted by atomic mass is 17.1. The number of aliphatic carboxylic acids is 1. The van der Waals surface area contributed by atoms with Gasteiger partial charge in [0.05, 0.1) is 23.7 Å². The van der Waals surface area contributed by atoms with E-state index in [1.54, 1.807) is 48.5 Å². The van der Waals surface area contributed by atoms with E-state index in [9.17, 15) is 43.9 Å². The van der Waals surface area contributed by atoms with Crippen LogP contribution in [0.2, 0.25) is 0 Å². The molecule has 0 aromatic heterocycles. The molecular formula is C66H67N9O12. The van der Waals surface area contributed by atoms with Crippen LogP contribution in [0, 0.1) is 11.8 Å². The van der Waals surface area contributed by atoms with Gasteiger partial charge in [-0.15, -0.1) is 0 Å². The summed E-state index contributed by atoms with van der Waals surface area (Å²) in [6.45, 7) is 4.03. The van der Waals surface area contributed by atoms with Gasteiger partial charge in [0.15, 0.2) is 6.04 Å². The maximum absolute atomic E-state index is 13.7. The van der Waals surface area contributed by atoms with E-state index in [1.807, 2.05) is 152 Å². The van der Waals surface area contributed by atoms with Gasteiger partial charge >= 0.3 is 30.2 Å². The molecular weight excluding hydrogens is 1110 g/mol. The van der Waals surface area contributed by atoms with Crippen LogP contribution in [0.4, 0.5) is 30.6 Å². The fourth-order valence-corrected chi connectivity index (χ4v) is 9.95. The number of carboxylic acids is 1. The number of rotatable bonds is 22. The van der Waals surface area contributed by atoms with Crippen molar-refractivity contribution < 1.29 is 58.3 Å². The summed E-state index contributed by atoms with van der Waals surface area (Å²) < 4.78 is 10.6. The minimum Gasteiger partial charge on any atom is -0.480 e. The number of aliphatic imine (C=N–C) groups is 1. The van der Waals surface area contributed by atoms with Gasteiger partial charge in [-0.1, -0.05) is 183 Å². The Labute approximate surface area is 502 Å². The summed E-state index contributed by atoms with van der Waals surface area (Å²) in [6.07, 6.45) is -0.973. The first-order valence-electron chi connectivity index (χ1n) is 28.1. The first kappa shape index (κ1) is 62.4. The van der Waals surface area contributed by atoms with Crippen LogP contribution in [-0.2, 0) is 48.4 Å². The normalized spacial score (nSPS) is 16.0. The standard InChI is InChI=1S/C44H43N5O8.C22H24N4O4/c50-40-37(22-13-27-45-41(47-43(52)55-29-32-16-7-2-8-17-32)48-44(53)56-30-33-18-9-3-10-19-33)39(38(57-54)28-31-14-5-1-6-15-31)49(40)42(51)46-36-25-23-35(24-26-36)34-20-11-4-12-21-34;1-14(23)24-13-5-8-18-19(21(28)29)26(20(18)27)22(30)25-17-11-9-16(10-12-17)15-6-3-2-4-7-15/h1-12,14-21,23-26,37-39,54H,13,22,27-30H2,(H,46,51)(H2,45,47,48,52,53);2-4,6-7,9-12,18-19,24H,1,5,8,13,23H2,(H,25,30)(H,28,29)/t37-,38+,39?;/m1./s1. The van der Waals surface area contributed by atoms with Crippen molar-refractivity contribution in [1.29, 1.82) is 0 Å². The zero-order valence-corrected chi connectivity index (χ0v) is 47.4. The molecule has 0 radical (unpaired) electrons. The Morgan fingerprint density at radius 2 is 0.966 bits per heavy atom. The van der Waals surface area contributed by atoms with Gasteiger partial charge in [-0.3, -0.25) is 35.4 Å². The van der Waals surface area contributed by atoms with Gasteiger partial charge in [0, 0.05) is 30.9 Å². The van der Waals surface area contributed by atoms with Crippen LogP contribution in [-0.4, -0.2) is 99.4 Å². The molecule has 21 nitrogen and oxygen atoms in total. The van der Waals surface area contributed by atoms with E-state index in [-0.39, 0.29) is 38.6 Å². The molecule has 2 aliphatic heterocycles. The molecule has 0 bridgehead atoms. The lowest BCUT2D eigenvalue weighted by molar-refractivity contribution is -0.296. The predicted octanol–water partition coefficient (Wildman–Crippen LogP) is 10.4. The van der Waals surface area contributed by atoms with Gasteiger partial charge in [-0.25, -0.2) is 33.8 Å². The van der Waals surface area contributed by atoms with Crippen LogP contribution in [0.3, 0.4) is 0 Å². The number of carbonyl (C=O) groups excluding carboxylic acids is 6. The number of hydrogen-bond donors (Lipinski definition) is 8. The molecule has 0 saturated carbocycles. The van der Waals surface area contributed by atoms with E-state index in [1.165, 1.54) is 0 Å². The minimum absolute atomic E-state index is 0.0102. The van der Waals surface area contributed by atoms with Crippen molar-refractivity contribution in [3.63, 3.8) is 0 Å². The van der Waals surface area contributed by atoms with E-state index in [0.717, 1.165) is 48.7 Å². The van der Waals surface area contributed by atoms with E-state index >= 15 is 0 Å². The molecule has 448 valence electrons. The highest BCUT2D eigenvalue weighted by Gasteiger charge is 2.55. The first-order valence-corrected chi connectivity index (χ1v) is 28.1. The number of ether oxygens (including phenoxy) is 2. The molecule has 0 aliphatic carbocycles. The number of amides is 8. The summed E-state index contributed by atoms with van der Waals surface area (Å²) >= 11 is 0. The van der Waals surface area contributed by atoms with Crippen molar-refractivity contribution in [1.82, 2.24) is 25.8 Å². The Morgan fingerprint density at radius 3 is 1.41 bits per heavy atom. The van der Waals surface area contributed by atoms with Gasteiger partial charge < -0.3 is 36.3 Å². The molecule has 7 aromatic rings. The molecule has 3 unspecified atom stereocenters. The Morgan fingerprint density at radius 1 is 0.552 bits per heavy atom. The van der Waals surface area contributed by atoms with Crippen LogP contribution in [0.1, 0.15) is 42.4 Å². The number of carbonyl (C=O) groups is 7. The van der Waals surface area contributed by atoms with E-state index in [4.69, 9.17) is 20.1 Å². The van der Waals surface area contributed by atoms with Crippen molar-refractivity contribution in [2.45, 2.75) is 63.5 Å². The molecule has 9 N–H and O–H groups in total. The van der Waals surface area contributed by atoms with Gasteiger partial charge in [0.1, 0.15) is 19.3 Å². The van der Waals surface area contributed by atoms with E-state index in [2.05, 4.69) is 38.2 Å². The van der Waals surface area contributed by atoms with Crippen LogP contribution >= 0.6 is 0 Å². The lowest BCUT2D eigenvalue weighted by Crippen LogP contribution is -2.68. The second-order valence-corrected chi connectivity index (χ2v) is 20.3. The van der Waals surface area contributed by atoms with E-state index < -0.39 is 72.1 Å². The third kappa shape index (κ3) is 17.7. The first-order chi connectivity index (χ1) is 42.3. The number of nitrogens with one attached hydrogen (secondary N) is 5.